The lowest BCUT2D eigenvalue weighted by atomic mass is 10.1. The molecule has 0 saturated carbocycles. The van der Waals surface area contributed by atoms with Gasteiger partial charge in [0.05, 0.1) is 0 Å². The van der Waals surface area contributed by atoms with Crippen molar-refractivity contribution >= 4 is 35.8 Å². The quantitative estimate of drug-likeness (QED) is 0.369. The van der Waals surface area contributed by atoms with E-state index in [1.54, 1.807) is 32.3 Å². The Morgan fingerprint density at radius 3 is 2.24 bits per heavy atom. The molecule has 0 unspecified atom stereocenters. The van der Waals surface area contributed by atoms with E-state index in [1.807, 2.05) is 18.2 Å². The molecular weight excluding hydrogens is 434 g/mol. The predicted molar refractivity (Wildman–Crippen MR) is 109 cm³/mol. The third-order valence-electron chi connectivity index (χ3n) is 3.48. The third kappa shape index (κ3) is 6.69. The molecule has 0 heterocycles. The number of nitrogens with one attached hydrogen (secondary N) is 3. The standard InChI is InChI=1S/C18H21FN4O.HI/c1-20-17(24)15-8-6-13(7-9-15)11-22-18(21-2)23-12-14-4-3-5-16(19)10-14;/h3-10H,11-12H2,1-2H3,(H,20,24)(H2,21,22,23);1H. The van der Waals surface area contributed by atoms with Crippen LogP contribution in [0.5, 0.6) is 0 Å². The van der Waals surface area contributed by atoms with Crippen LogP contribution >= 0.6 is 24.0 Å². The summed E-state index contributed by atoms with van der Waals surface area (Å²) in [7, 11) is 3.28. The van der Waals surface area contributed by atoms with Crippen LogP contribution in [0.2, 0.25) is 0 Å². The summed E-state index contributed by atoms with van der Waals surface area (Å²) in [6, 6.07) is 13.8. The maximum absolute atomic E-state index is 13.2. The largest absolute Gasteiger partial charge is 0.355 e. The first-order valence-corrected chi connectivity index (χ1v) is 7.62. The van der Waals surface area contributed by atoms with Crippen molar-refractivity contribution < 1.29 is 9.18 Å². The number of rotatable bonds is 5. The highest BCUT2D eigenvalue weighted by atomic mass is 127. The van der Waals surface area contributed by atoms with Crippen LogP contribution < -0.4 is 16.0 Å². The van der Waals surface area contributed by atoms with Crippen LogP contribution in [-0.4, -0.2) is 26.0 Å². The number of aliphatic imine (C=N–C) groups is 1. The summed E-state index contributed by atoms with van der Waals surface area (Å²) < 4.78 is 13.2. The van der Waals surface area contributed by atoms with Gasteiger partial charge in [-0.25, -0.2) is 4.39 Å². The van der Waals surface area contributed by atoms with Gasteiger partial charge in [-0.05, 0) is 35.4 Å². The lowest BCUT2D eigenvalue weighted by Gasteiger charge is -2.12. The van der Waals surface area contributed by atoms with Crippen LogP contribution in [0.3, 0.4) is 0 Å². The number of hydrogen-bond donors (Lipinski definition) is 3. The predicted octanol–water partition coefficient (Wildman–Crippen LogP) is 2.67. The van der Waals surface area contributed by atoms with Crippen LogP contribution in [0, 0.1) is 5.82 Å². The van der Waals surface area contributed by atoms with Crippen molar-refractivity contribution in [2.75, 3.05) is 14.1 Å². The molecule has 134 valence electrons. The van der Waals surface area contributed by atoms with Gasteiger partial charge in [-0.2, -0.15) is 0 Å². The molecule has 0 aliphatic rings. The molecule has 0 aromatic heterocycles. The Labute approximate surface area is 164 Å². The van der Waals surface area contributed by atoms with Gasteiger partial charge in [-0.3, -0.25) is 9.79 Å². The third-order valence-corrected chi connectivity index (χ3v) is 3.48. The minimum Gasteiger partial charge on any atom is -0.355 e. The molecule has 1 amide bonds. The van der Waals surface area contributed by atoms with Crippen molar-refractivity contribution in [2.24, 2.45) is 4.99 Å². The van der Waals surface area contributed by atoms with Gasteiger partial charge in [0.15, 0.2) is 5.96 Å². The minimum atomic E-state index is -0.256. The van der Waals surface area contributed by atoms with Crippen molar-refractivity contribution in [2.45, 2.75) is 13.1 Å². The Balaban J connectivity index is 0.00000312. The van der Waals surface area contributed by atoms with E-state index >= 15 is 0 Å². The topological polar surface area (TPSA) is 65.5 Å². The van der Waals surface area contributed by atoms with Crippen LogP contribution in [0.4, 0.5) is 4.39 Å². The fourth-order valence-corrected chi connectivity index (χ4v) is 2.16. The summed E-state index contributed by atoms with van der Waals surface area (Å²) in [6.45, 7) is 1.05. The summed E-state index contributed by atoms with van der Waals surface area (Å²) in [5.41, 5.74) is 2.49. The molecule has 0 saturated heterocycles. The van der Waals surface area contributed by atoms with Gasteiger partial charge in [0.1, 0.15) is 5.82 Å². The molecule has 0 aliphatic heterocycles. The molecular formula is C18H22FIN4O. The van der Waals surface area contributed by atoms with Crippen LogP contribution in [0.15, 0.2) is 53.5 Å². The number of hydrogen-bond acceptors (Lipinski definition) is 2. The highest BCUT2D eigenvalue weighted by Gasteiger charge is 2.03. The number of halogens is 2. The second-order valence-corrected chi connectivity index (χ2v) is 5.19. The molecule has 7 heteroatoms. The van der Waals surface area contributed by atoms with E-state index in [1.165, 1.54) is 12.1 Å². The lowest BCUT2D eigenvalue weighted by molar-refractivity contribution is 0.0963. The van der Waals surface area contributed by atoms with Crippen molar-refractivity contribution in [3.05, 3.63) is 71.0 Å². The summed E-state index contributed by atoms with van der Waals surface area (Å²) in [6.07, 6.45) is 0. The molecule has 2 rings (SSSR count). The Morgan fingerprint density at radius 1 is 1.04 bits per heavy atom. The number of amides is 1. The SMILES string of the molecule is CN=C(NCc1ccc(C(=O)NC)cc1)NCc1cccc(F)c1.I. The Morgan fingerprint density at radius 2 is 1.68 bits per heavy atom. The maximum Gasteiger partial charge on any atom is 0.251 e. The molecule has 0 aliphatic carbocycles. The number of guanidine groups is 1. The molecule has 0 radical (unpaired) electrons. The van der Waals surface area contributed by atoms with Gasteiger partial charge in [-0.1, -0.05) is 24.3 Å². The van der Waals surface area contributed by atoms with E-state index in [9.17, 15) is 9.18 Å². The zero-order valence-corrected chi connectivity index (χ0v) is 16.5. The monoisotopic (exact) mass is 456 g/mol. The fourth-order valence-electron chi connectivity index (χ4n) is 2.16. The van der Waals surface area contributed by atoms with E-state index in [0.29, 0.717) is 24.6 Å². The van der Waals surface area contributed by atoms with Crippen LogP contribution in [0.1, 0.15) is 21.5 Å². The maximum atomic E-state index is 13.2. The second-order valence-electron chi connectivity index (χ2n) is 5.19. The zero-order valence-electron chi connectivity index (χ0n) is 14.2. The van der Waals surface area contributed by atoms with Gasteiger partial charge < -0.3 is 16.0 Å². The first-order valence-electron chi connectivity index (χ1n) is 7.62. The Kier molecular flexibility index (Phi) is 8.90. The highest BCUT2D eigenvalue weighted by molar-refractivity contribution is 14.0. The van der Waals surface area contributed by atoms with Crippen molar-refractivity contribution in [1.82, 2.24) is 16.0 Å². The number of nitrogens with zero attached hydrogens (tertiary/aromatic N) is 1. The molecule has 25 heavy (non-hydrogen) atoms. The Bertz CT molecular complexity index is 719. The zero-order chi connectivity index (χ0) is 17.4. The highest BCUT2D eigenvalue weighted by Crippen LogP contribution is 2.05. The minimum absolute atomic E-state index is 0. The van der Waals surface area contributed by atoms with E-state index < -0.39 is 0 Å². The molecule has 2 aromatic rings. The lowest BCUT2D eigenvalue weighted by Crippen LogP contribution is -2.36. The van der Waals surface area contributed by atoms with Crippen molar-refractivity contribution in [3.8, 4) is 0 Å². The van der Waals surface area contributed by atoms with Gasteiger partial charge in [0.25, 0.3) is 5.91 Å². The molecule has 0 spiro atoms. The van der Waals surface area contributed by atoms with Crippen molar-refractivity contribution in [3.63, 3.8) is 0 Å². The van der Waals surface area contributed by atoms with Crippen molar-refractivity contribution in [1.29, 1.82) is 0 Å². The fraction of sp³-hybridized carbons (Fsp3) is 0.222. The van der Waals surface area contributed by atoms with E-state index in [0.717, 1.165) is 11.1 Å². The molecule has 0 atom stereocenters. The summed E-state index contributed by atoms with van der Waals surface area (Å²) in [4.78, 5) is 15.6. The van der Waals surface area contributed by atoms with E-state index in [2.05, 4.69) is 20.9 Å². The molecule has 0 fully saturated rings. The normalized spacial score (nSPS) is 10.6. The number of carbonyl (C=O) groups excluding carboxylic acids is 1. The smallest absolute Gasteiger partial charge is 0.251 e. The molecule has 5 nitrogen and oxygen atoms in total. The van der Waals surface area contributed by atoms with Gasteiger partial charge in [-0.15, -0.1) is 24.0 Å². The number of benzene rings is 2. The molecule has 2 aromatic carbocycles. The van der Waals surface area contributed by atoms with E-state index in [4.69, 9.17) is 0 Å². The second kappa shape index (κ2) is 10.7. The Hall–Kier alpha value is -2.16. The number of carbonyl (C=O) groups is 1. The summed E-state index contributed by atoms with van der Waals surface area (Å²) in [5.74, 6) is 0.255. The van der Waals surface area contributed by atoms with Crippen LogP contribution in [0.25, 0.3) is 0 Å². The molecule has 3 N–H and O–H groups in total. The average Bonchev–Trinajstić information content (AvgIpc) is 2.61. The first kappa shape index (κ1) is 20.9. The summed E-state index contributed by atoms with van der Waals surface area (Å²) in [5, 5.41) is 8.89. The molecule has 0 bridgehead atoms. The van der Waals surface area contributed by atoms with E-state index in [-0.39, 0.29) is 35.7 Å². The summed E-state index contributed by atoms with van der Waals surface area (Å²) >= 11 is 0. The van der Waals surface area contributed by atoms with Gasteiger partial charge in [0, 0.05) is 32.7 Å². The van der Waals surface area contributed by atoms with Crippen LogP contribution in [-0.2, 0) is 13.1 Å². The van der Waals surface area contributed by atoms with Gasteiger partial charge >= 0.3 is 0 Å². The van der Waals surface area contributed by atoms with Gasteiger partial charge in [0.2, 0.25) is 0 Å². The average molecular weight is 456 g/mol. The first-order chi connectivity index (χ1) is 11.6.